The highest BCUT2D eigenvalue weighted by Gasteiger charge is 2.24. The van der Waals surface area contributed by atoms with E-state index in [4.69, 9.17) is 4.98 Å². The third-order valence-corrected chi connectivity index (χ3v) is 5.31. The van der Waals surface area contributed by atoms with Crippen LogP contribution in [0.2, 0.25) is 0 Å². The number of hydrogen-bond acceptors (Lipinski definition) is 6. The van der Waals surface area contributed by atoms with Gasteiger partial charge in [-0.1, -0.05) is 0 Å². The maximum atomic E-state index is 4.71. The SMILES string of the molecule is Cn1ccnc1C1CCCN(Cc2csc(-c3ncccn3)n2)C1. The monoisotopic (exact) mass is 340 g/mol. The predicted molar refractivity (Wildman–Crippen MR) is 93.6 cm³/mol. The van der Waals surface area contributed by atoms with Crippen molar-refractivity contribution in [1.29, 1.82) is 0 Å². The maximum Gasteiger partial charge on any atom is 0.188 e. The first kappa shape index (κ1) is 15.4. The van der Waals surface area contributed by atoms with Crippen molar-refractivity contribution in [1.82, 2.24) is 29.4 Å². The van der Waals surface area contributed by atoms with Gasteiger partial charge in [-0.05, 0) is 25.5 Å². The summed E-state index contributed by atoms with van der Waals surface area (Å²) < 4.78 is 2.14. The molecule has 1 atom stereocenters. The third kappa shape index (κ3) is 3.22. The zero-order valence-electron chi connectivity index (χ0n) is 13.7. The van der Waals surface area contributed by atoms with Crippen molar-refractivity contribution >= 4 is 11.3 Å². The van der Waals surface area contributed by atoms with Crippen LogP contribution >= 0.6 is 11.3 Å². The van der Waals surface area contributed by atoms with Gasteiger partial charge in [-0.3, -0.25) is 4.90 Å². The molecule has 0 N–H and O–H groups in total. The maximum absolute atomic E-state index is 4.71. The summed E-state index contributed by atoms with van der Waals surface area (Å²) >= 11 is 1.61. The Hall–Kier alpha value is -2.12. The Morgan fingerprint density at radius 2 is 2.08 bits per heavy atom. The van der Waals surface area contributed by atoms with Crippen molar-refractivity contribution in [3.05, 3.63) is 47.8 Å². The number of aryl methyl sites for hydroxylation is 1. The molecule has 0 aliphatic carbocycles. The summed E-state index contributed by atoms with van der Waals surface area (Å²) in [4.78, 5) is 20.3. The van der Waals surface area contributed by atoms with Gasteiger partial charge in [0.25, 0.3) is 0 Å². The fraction of sp³-hybridized carbons (Fsp3) is 0.412. The second-order valence-corrected chi connectivity index (χ2v) is 7.05. The minimum Gasteiger partial charge on any atom is -0.338 e. The Balaban J connectivity index is 1.44. The Morgan fingerprint density at radius 3 is 2.88 bits per heavy atom. The van der Waals surface area contributed by atoms with Crippen molar-refractivity contribution < 1.29 is 0 Å². The summed E-state index contributed by atoms with van der Waals surface area (Å²) in [6, 6.07) is 1.82. The number of nitrogens with zero attached hydrogens (tertiary/aromatic N) is 6. The lowest BCUT2D eigenvalue weighted by molar-refractivity contribution is 0.193. The molecule has 0 amide bonds. The summed E-state index contributed by atoms with van der Waals surface area (Å²) in [6.07, 6.45) is 9.84. The van der Waals surface area contributed by atoms with Crippen LogP contribution in [0.3, 0.4) is 0 Å². The van der Waals surface area contributed by atoms with Crippen LogP contribution in [0.15, 0.2) is 36.2 Å². The van der Waals surface area contributed by atoms with E-state index in [0.717, 1.165) is 30.3 Å². The zero-order valence-corrected chi connectivity index (χ0v) is 14.5. The lowest BCUT2D eigenvalue weighted by atomic mass is 9.97. The van der Waals surface area contributed by atoms with E-state index in [1.54, 1.807) is 23.7 Å². The number of aromatic nitrogens is 5. The van der Waals surface area contributed by atoms with Crippen molar-refractivity contribution in [3.8, 4) is 10.8 Å². The average Bonchev–Trinajstić information content (AvgIpc) is 3.25. The van der Waals surface area contributed by atoms with E-state index < -0.39 is 0 Å². The largest absolute Gasteiger partial charge is 0.338 e. The highest BCUT2D eigenvalue weighted by Crippen LogP contribution is 2.27. The first-order valence-corrected chi connectivity index (χ1v) is 9.09. The van der Waals surface area contributed by atoms with Crippen molar-refractivity contribution in [3.63, 3.8) is 0 Å². The van der Waals surface area contributed by atoms with Crippen LogP contribution in [0.4, 0.5) is 0 Å². The average molecular weight is 340 g/mol. The van der Waals surface area contributed by atoms with E-state index in [2.05, 4.69) is 36.8 Å². The van der Waals surface area contributed by atoms with Gasteiger partial charge in [0.1, 0.15) is 5.82 Å². The number of hydrogen-bond donors (Lipinski definition) is 0. The van der Waals surface area contributed by atoms with Crippen LogP contribution in [-0.2, 0) is 13.6 Å². The quantitative estimate of drug-likeness (QED) is 0.731. The van der Waals surface area contributed by atoms with E-state index in [9.17, 15) is 0 Å². The van der Waals surface area contributed by atoms with Crippen molar-refractivity contribution in [2.45, 2.75) is 25.3 Å². The highest BCUT2D eigenvalue weighted by atomic mass is 32.1. The number of thiazole rings is 1. The fourth-order valence-electron chi connectivity index (χ4n) is 3.30. The Kier molecular flexibility index (Phi) is 4.36. The molecule has 0 radical (unpaired) electrons. The van der Waals surface area contributed by atoms with Gasteiger partial charge in [0.05, 0.1) is 5.69 Å². The molecule has 3 aromatic rings. The Bertz CT molecular complexity index is 796. The number of rotatable bonds is 4. The van der Waals surface area contributed by atoms with Crippen LogP contribution in [0.25, 0.3) is 10.8 Å². The minimum atomic E-state index is 0.509. The molecule has 7 heteroatoms. The van der Waals surface area contributed by atoms with Crippen molar-refractivity contribution in [2.75, 3.05) is 13.1 Å². The zero-order chi connectivity index (χ0) is 16.4. The number of imidazole rings is 1. The first-order chi connectivity index (χ1) is 11.8. The summed E-state index contributed by atoms with van der Waals surface area (Å²) in [5.41, 5.74) is 1.10. The van der Waals surface area contributed by atoms with E-state index in [1.807, 2.05) is 18.5 Å². The molecule has 4 heterocycles. The lowest BCUT2D eigenvalue weighted by Gasteiger charge is -2.31. The molecule has 24 heavy (non-hydrogen) atoms. The predicted octanol–water partition coefficient (Wildman–Crippen LogP) is 2.71. The van der Waals surface area contributed by atoms with Gasteiger partial charge in [-0.15, -0.1) is 11.3 Å². The number of piperidine rings is 1. The van der Waals surface area contributed by atoms with Gasteiger partial charge in [-0.25, -0.2) is 19.9 Å². The van der Waals surface area contributed by atoms with Crippen LogP contribution in [0, 0.1) is 0 Å². The van der Waals surface area contributed by atoms with Crippen LogP contribution in [-0.4, -0.2) is 42.5 Å². The van der Waals surface area contributed by atoms with Gasteiger partial charge in [-0.2, -0.15) is 0 Å². The Labute approximate surface area is 145 Å². The molecule has 0 aromatic carbocycles. The fourth-order valence-corrected chi connectivity index (χ4v) is 4.06. The molecule has 1 saturated heterocycles. The molecule has 3 aromatic heterocycles. The smallest absolute Gasteiger partial charge is 0.188 e. The van der Waals surface area contributed by atoms with E-state index in [1.165, 1.54) is 18.7 Å². The molecule has 1 aliphatic rings. The lowest BCUT2D eigenvalue weighted by Crippen LogP contribution is -2.34. The van der Waals surface area contributed by atoms with Gasteiger partial charge in [0.15, 0.2) is 10.8 Å². The van der Waals surface area contributed by atoms with E-state index in [0.29, 0.717) is 11.7 Å². The summed E-state index contributed by atoms with van der Waals surface area (Å²) in [5.74, 6) is 2.41. The molecule has 6 nitrogen and oxygen atoms in total. The molecule has 1 unspecified atom stereocenters. The molecule has 124 valence electrons. The molecule has 0 bridgehead atoms. The van der Waals surface area contributed by atoms with E-state index in [-0.39, 0.29) is 0 Å². The highest BCUT2D eigenvalue weighted by molar-refractivity contribution is 7.13. The van der Waals surface area contributed by atoms with Gasteiger partial charge in [0.2, 0.25) is 0 Å². The molecule has 4 rings (SSSR count). The normalized spacial score (nSPS) is 18.8. The van der Waals surface area contributed by atoms with Crippen LogP contribution in [0.1, 0.15) is 30.3 Å². The molecular formula is C17H20N6S. The topological polar surface area (TPSA) is 59.7 Å². The minimum absolute atomic E-state index is 0.509. The Morgan fingerprint density at radius 1 is 1.21 bits per heavy atom. The summed E-state index contributed by atoms with van der Waals surface area (Å²) in [6.45, 7) is 3.04. The molecule has 0 saturated carbocycles. The van der Waals surface area contributed by atoms with Gasteiger partial charge < -0.3 is 4.57 Å². The second kappa shape index (κ2) is 6.78. The van der Waals surface area contributed by atoms with Crippen molar-refractivity contribution in [2.24, 2.45) is 7.05 Å². The summed E-state index contributed by atoms with van der Waals surface area (Å²) in [5, 5.41) is 3.01. The third-order valence-electron chi connectivity index (χ3n) is 4.42. The first-order valence-electron chi connectivity index (χ1n) is 8.21. The van der Waals surface area contributed by atoms with Gasteiger partial charge in [0, 0.05) is 56.2 Å². The summed E-state index contributed by atoms with van der Waals surface area (Å²) in [7, 11) is 2.08. The van der Waals surface area contributed by atoms with Gasteiger partial charge >= 0.3 is 0 Å². The second-order valence-electron chi connectivity index (χ2n) is 6.19. The van der Waals surface area contributed by atoms with Crippen LogP contribution in [0.5, 0.6) is 0 Å². The van der Waals surface area contributed by atoms with Crippen LogP contribution < -0.4 is 0 Å². The number of likely N-dealkylation sites (tertiary alicyclic amines) is 1. The van der Waals surface area contributed by atoms with E-state index >= 15 is 0 Å². The molecule has 1 aliphatic heterocycles. The standard InChI is InChI=1S/C17H20N6S/c1-22-9-7-20-16(22)13-4-2-8-23(10-13)11-14-12-24-17(21-14)15-18-5-3-6-19-15/h3,5-7,9,12-13H,2,4,8,10-11H2,1H3. The molecule has 0 spiro atoms. The molecule has 1 fully saturated rings. The molecular weight excluding hydrogens is 320 g/mol.